The highest BCUT2D eigenvalue weighted by molar-refractivity contribution is 7.09. The SMILES string of the molecule is O=C(Cc1ccc2cc[nH]c2c1)NCc1cccs1. The predicted molar refractivity (Wildman–Crippen MR) is 78.2 cm³/mol. The Morgan fingerprint density at radius 3 is 3.05 bits per heavy atom. The zero-order chi connectivity index (χ0) is 13.1. The van der Waals surface area contributed by atoms with E-state index in [1.807, 2.05) is 48.0 Å². The summed E-state index contributed by atoms with van der Waals surface area (Å²) in [5.41, 5.74) is 2.10. The van der Waals surface area contributed by atoms with Crippen LogP contribution in [0.4, 0.5) is 0 Å². The van der Waals surface area contributed by atoms with Crippen molar-refractivity contribution in [2.45, 2.75) is 13.0 Å². The Morgan fingerprint density at radius 1 is 1.26 bits per heavy atom. The molecule has 3 nitrogen and oxygen atoms in total. The Balaban J connectivity index is 1.62. The van der Waals surface area contributed by atoms with E-state index in [1.54, 1.807) is 11.3 Å². The van der Waals surface area contributed by atoms with Gasteiger partial charge in [0.1, 0.15) is 0 Å². The van der Waals surface area contributed by atoms with Crippen molar-refractivity contribution in [3.8, 4) is 0 Å². The van der Waals surface area contributed by atoms with Crippen LogP contribution in [0.5, 0.6) is 0 Å². The minimum atomic E-state index is 0.0549. The van der Waals surface area contributed by atoms with Crippen molar-refractivity contribution in [2.24, 2.45) is 0 Å². The van der Waals surface area contributed by atoms with Gasteiger partial charge in [0.25, 0.3) is 0 Å². The molecule has 0 aliphatic rings. The summed E-state index contributed by atoms with van der Waals surface area (Å²) in [6, 6.07) is 12.1. The number of hydrogen-bond acceptors (Lipinski definition) is 2. The van der Waals surface area contributed by atoms with Crippen LogP contribution in [0.3, 0.4) is 0 Å². The van der Waals surface area contributed by atoms with Crippen molar-refractivity contribution in [1.29, 1.82) is 0 Å². The lowest BCUT2D eigenvalue weighted by Gasteiger charge is -2.04. The number of rotatable bonds is 4. The van der Waals surface area contributed by atoms with Gasteiger partial charge in [-0.2, -0.15) is 0 Å². The number of benzene rings is 1. The number of aromatic amines is 1. The van der Waals surface area contributed by atoms with Crippen LogP contribution in [0, 0.1) is 0 Å². The van der Waals surface area contributed by atoms with Crippen LogP contribution in [0.25, 0.3) is 10.9 Å². The lowest BCUT2D eigenvalue weighted by molar-refractivity contribution is -0.120. The van der Waals surface area contributed by atoms with Crippen molar-refractivity contribution in [3.05, 3.63) is 58.4 Å². The van der Waals surface area contributed by atoms with Crippen LogP contribution in [-0.2, 0) is 17.8 Å². The monoisotopic (exact) mass is 270 g/mol. The van der Waals surface area contributed by atoms with Gasteiger partial charge < -0.3 is 10.3 Å². The van der Waals surface area contributed by atoms with Crippen LogP contribution < -0.4 is 5.32 Å². The first-order valence-electron chi connectivity index (χ1n) is 6.16. The smallest absolute Gasteiger partial charge is 0.224 e. The molecule has 0 bridgehead atoms. The molecule has 96 valence electrons. The predicted octanol–water partition coefficient (Wildman–Crippen LogP) is 3.09. The van der Waals surface area contributed by atoms with E-state index < -0.39 is 0 Å². The fourth-order valence-electron chi connectivity index (χ4n) is 2.05. The first kappa shape index (κ1) is 12.0. The average Bonchev–Trinajstić information content (AvgIpc) is 3.07. The molecule has 2 heterocycles. The molecule has 3 aromatic rings. The molecular weight excluding hydrogens is 256 g/mol. The van der Waals surface area contributed by atoms with Crippen molar-refractivity contribution in [1.82, 2.24) is 10.3 Å². The Morgan fingerprint density at radius 2 is 2.21 bits per heavy atom. The van der Waals surface area contributed by atoms with Crippen molar-refractivity contribution in [3.63, 3.8) is 0 Å². The van der Waals surface area contributed by atoms with Crippen molar-refractivity contribution >= 4 is 28.1 Å². The molecule has 19 heavy (non-hydrogen) atoms. The molecule has 0 unspecified atom stereocenters. The number of hydrogen-bond donors (Lipinski definition) is 2. The number of carbonyl (C=O) groups excluding carboxylic acids is 1. The van der Waals surface area contributed by atoms with Crippen LogP contribution in [0.2, 0.25) is 0 Å². The molecular formula is C15H14N2OS. The standard InChI is InChI=1S/C15H14N2OS/c18-15(17-10-13-2-1-7-19-13)9-11-3-4-12-5-6-16-14(12)8-11/h1-8,16H,9-10H2,(H,17,18). The molecule has 0 atom stereocenters. The van der Waals surface area contributed by atoms with Gasteiger partial charge in [0.05, 0.1) is 13.0 Å². The van der Waals surface area contributed by atoms with E-state index >= 15 is 0 Å². The second kappa shape index (κ2) is 5.28. The third kappa shape index (κ3) is 2.85. The molecule has 0 aliphatic heterocycles. The molecule has 4 heteroatoms. The third-order valence-electron chi connectivity index (χ3n) is 3.02. The highest BCUT2D eigenvalue weighted by atomic mass is 32.1. The van der Waals surface area contributed by atoms with Gasteiger partial charge in [-0.15, -0.1) is 11.3 Å². The van der Waals surface area contributed by atoms with Gasteiger partial charge in [-0.3, -0.25) is 4.79 Å². The minimum Gasteiger partial charge on any atom is -0.361 e. The molecule has 0 radical (unpaired) electrons. The van der Waals surface area contributed by atoms with E-state index in [-0.39, 0.29) is 5.91 Å². The molecule has 2 aromatic heterocycles. The average molecular weight is 270 g/mol. The number of carbonyl (C=O) groups is 1. The maximum Gasteiger partial charge on any atom is 0.224 e. The summed E-state index contributed by atoms with van der Waals surface area (Å²) in [7, 11) is 0. The van der Waals surface area contributed by atoms with Crippen molar-refractivity contribution in [2.75, 3.05) is 0 Å². The summed E-state index contributed by atoms with van der Waals surface area (Å²) in [4.78, 5) is 16.2. The maximum atomic E-state index is 11.9. The Kier molecular flexibility index (Phi) is 3.33. The minimum absolute atomic E-state index is 0.0549. The van der Waals surface area contributed by atoms with Gasteiger partial charge in [-0.05, 0) is 34.5 Å². The molecule has 0 aliphatic carbocycles. The molecule has 0 spiro atoms. The number of thiophene rings is 1. The Hall–Kier alpha value is -2.07. The van der Waals surface area contributed by atoms with E-state index in [1.165, 1.54) is 10.3 Å². The molecule has 0 fully saturated rings. The Bertz CT molecular complexity index is 685. The molecule has 1 aromatic carbocycles. The van der Waals surface area contributed by atoms with Crippen LogP contribution >= 0.6 is 11.3 Å². The molecule has 3 rings (SSSR count). The van der Waals surface area contributed by atoms with Gasteiger partial charge in [-0.1, -0.05) is 18.2 Å². The second-order valence-corrected chi connectivity index (χ2v) is 5.46. The van der Waals surface area contributed by atoms with Crippen LogP contribution in [0.1, 0.15) is 10.4 Å². The Labute approximate surface area is 115 Å². The van der Waals surface area contributed by atoms with Crippen LogP contribution in [0.15, 0.2) is 48.0 Å². The van der Waals surface area contributed by atoms with Crippen LogP contribution in [-0.4, -0.2) is 10.9 Å². The zero-order valence-corrected chi connectivity index (χ0v) is 11.2. The fraction of sp³-hybridized carbons (Fsp3) is 0.133. The zero-order valence-electron chi connectivity index (χ0n) is 10.3. The van der Waals surface area contributed by atoms with Gasteiger partial charge in [0.15, 0.2) is 0 Å². The maximum absolute atomic E-state index is 11.9. The highest BCUT2D eigenvalue weighted by Crippen LogP contribution is 2.14. The summed E-state index contributed by atoms with van der Waals surface area (Å²) in [6.45, 7) is 0.612. The van der Waals surface area contributed by atoms with E-state index in [0.717, 1.165) is 11.1 Å². The highest BCUT2D eigenvalue weighted by Gasteiger charge is 2.05. The number of fused-ring (bicyclic) bond motifs is 1. The van der Waals surface area contributed by atoms with Crippen molar-refractivity contribution < 1.29 is 4.79 Å². The number of nitrogens with one attached hydrogen (secondary N) is 2. The number of aromatic nitrogens is 1. The summed E-state index contributed by atoms with van der Waals surface area (Å²) in [5.74, 6) is 0.0549. The summed E-state index contributed by atoms with van der Waals surface area (Å²) in [5, 5.41) is 6.12. The van der Waals surface area contributed by atoms with E-state index in [2.05, 4.69) is 10.3 Å². The summed E-state index contributed by atoms with van der Waals surface area (Å²) < 4.78 is 0. The number of amides is 1. The third-order valence-corrected chi connectivity index (χ3v) is 3.90. The topological polar surface area (TPSA) is 44.9 Å². The van der Waals surface area contributed by atoms with Gasteiger partial charge in [-0.25, -0.2) is 0 Å². The lowest BCUT2D eigenvalue weighted by atomic mass is 10.1. The lowest BCUT2D eigenvalue weighted by Crippen LogP contribution is -2.24. The fourth-order valence-corrected chi connectivity index (χ4v) is 2.70. The van der Waals surface area contributed by atoms with Gasteiger partial charge >= 0.3 is 0 Å². The molecule has 0 saturated heterocycles. The van der Waals surface area contributed by atoms with E-state index in [0.29, 0.717) is 13.0 Å². The summed E-state index contributed by atoms with van der Waals surface area (Å²) in [6.07, 6.45) is 2.33. The number of H-pyrrole nitrogens is 1. The molecule has 2 N–H and O–H groups in total. The molecule has 1 amide bonds. The summed E-state index contributed by atoms with van der Waals surface area (Å²) >= 11 is 1.65. The normalized spacial score (nSPS) is 10.7. The second-order valence-electron chi connectivity index (χ2n) is 4.43. The first-order valence-corrected chi connectivity index (χ1v) is 7.04. The largest absolute Gasteiger partial charge is 0.361 e. The first-order chi connectivity index (χ1) is 9.31. The van der Waals surface area contributed by atoms with E-state index in [9.17, 15) is 4.79 Å². The van der Waals surface area contributed by atoms with E-state index in [4.69, 9.17) is 0 Å². The van der Waals surface area contributed by atoms with Gasteiger partial charge in [0, 0.05) is 16.6 Å². The quantitative estimate of drug-likeness (QED) is 0.752. The molecule has 0 saturated carbocycles. The van der Waals surface area contributed by atoms with Gasteiger partial charge in [0.2, 0.25) is 5.91 Å².